The van der Waals surface area contributed by atoms with Crippen LogP contribution in [-0.4, -0.2) is 42.9 Å². The maximum Gasteiger partial charge on any atom is 0.117 e. The first kappa shape index (κ1) is 15.2. The van der Waals surface area contributed by atoms with Crippen molar-refractivity contribution in [1.82, 2.24) is 10.2 Å². The van der Waals surface area contributed by atoms with E-state index in [1.165, 1.54) is 25.9 Å². The third-order valence-corrected chi connectivity index (χ3v) is 3.87. The molecule has 0 aromatic carbocycles. The van der Waals surface area contributed by atoms with Gasteiger partial charge in [-0.3, -0.25) is 5.32 Å². The fourth-order valence-electron chi connectivity index (χ4n) is 3.05. The van der Waals surface area contributed by atoms with Gasteiger partial charge in [0.2, 0.25) is 0 Å². The average Bonchev–Trinajstić information content (AvgIpc) is 2.45. The van der Waals surface area contributed by atoms with Crippen LogP contribution in [-0.2, 0) is 4.74 Å². The standard InChI is InChI=1S/C13H26N2O.ClH/c1-12(2)10-16-13(3,14-12)9-11-5-7-15(4)8-6-11;/h11,14H,5-10H2,1-4H3;1H. The second kappa shape index (κ2) is 5.43. The highest BCUT2D eigenvalue weighted by atomic mass is 35.5. The van der Waals surface area contributed by atoms with Crippen LogP contribution in [0, 0.1) is 5.92 Å². The van der Waals surface area contributed by atoms with E-state index in [0.29, 0.717) is 0 Å². The molecule has 2 heterocycles. The number of hydrogen-bond acceptors (Lipinski definition) is 3. The largest absolute Gasteiger partial charge is 0.359 e. The van der Waals surface area contributed by atoms with E-state index in [0.717, 1.165) is 18.9 Å². The van der Waals surface area contributed by atoms with E-state index in [9.17, 15) is 0 Å². The number of hydrogen-bond donors (Lipinski definition) is 1. The highest BCUT2D eigenvalue weighted by Crippen LogP contribution is 2.32. The topological polar surface area (TPSA) is 24.5 Å². The van der Waals surface area contributed by atoms with Crippen molar-refractivity contribution in [3.05, 3.63) is 0 Å². The fourth-order valence-corrected chi connectivity index (χ4v) is 3.05. The lowest BCUT2D eigenvalue weighted by Crippen LogP contribution is -2.48. The van der Waals surface area contributed by atoms with Crippen LogP contribution < -0.4 is 5.32 Å². The minimum Gasteiger partial charge on any atom is -0.359 e. The highest BCUT2D eigenvalue weighted by Gasteiger charge is 2.41. The van der Waals surface area contributed by atoms with E-state index in [-0.39, 0.29) is 23.7 Å². The normalized spacial score (nSPS) is 34.6. The van der Waals surface area contributed by atoms with E-state index in [1.807, 2.05) is 0 Å². The van der Waals surface area contributed by atoms with Crippen molar-refractivity contribution in [2.45, 2.75) is 51.3 Å². The molecule has 0 aliphatic carbocycles. The third kappa shape index (κ3) is 4.09. The van der Waals surface area contributed by atoms with Crippen molar-refractivity contribution in [2.75, 3.05) is 26.7 Å². The fraction of sp³-hybridized carbons (Fsp3) is 1.00. The van der Waals surface area contributed by atoms with Crippen molar-refractivity contribution < 1.29 is 4.74 Å². The molecule has 0 spiro atoms. The predicted molar refractivity (Wildman–Crippen MR) is 73.7 cm³/mol. The molecule has 17 heavy (non-hydrogen) atoms. The zero-order valence-electron chi connectivity index (χ0n) is 11.6. The monoisotopic (exact) mass is 262 g/mol. The molecule has 0 aromatic heterocycles. The lowest BCUT2D eigenvalue weighted by molar-refractivity contribution is -0.0200. The molecule has 0 aromatic rings. The van der Waals surface area contributed by atoms with Crippen LogP contribution in [0.4, 0.5) is 0 Å². The number of halogens is 1. The van der Waals surface area contributed by atoms with Crippen LogP contribution in [0.15, 0.2) is 0 Å². The van der Waals surface area contributed by atoms with Crippen LogP contribution in [0.3, 0.4) is 0 Å². The molecule has 1 atom stereocenters. The molecule has 2 aliphatic rings. The maximum absolute atomic E-state index is 5.96. The third-order valence-electron chi connectivity index (χ3n) is 3.87. The van der Waals surface area contributed by atoms with Crippen LogP contribution in [0.5, 0.6) is 0 Å². The number of likely N-dealkylation sites (tertiary alicyclic amines) is 1. The molecule has 4 heteroatoms. The molecule has 2 saturated heterocycles. The second-order valence-electron chi connectivity index (χ2n) is 6.48. The summed E-state index contributed by atoms with van der Waals surface area (Å²) in [7, 11) is 2.21. The quantitative estimate of drug-likeness (QED) is 0.826. The Labute approximate surface area is 112 Å². The van der Waals surface area contributed by atoms with Gasteiger partial charge in [0.05, 0.1) is 6.61 Å². The summed E-state index contributed by atoms with van der Waals surface area (Å²) in [5.74, 6) is 0.822. The van der Waals surface area contributed by atoms with E-state index in [2.05, 4.69) is 38.0 Å². The van der Waals surface area contributed by atoms with Crippen LogP contribution >= 0.6 is 12.4 Å². The van der Waals surface area contributed by atoms with Gasteiger partial charge in [-0.1, -0.05) is 0 Å². The van der Waals surface area contributed by atoms with Gasteiger partial charge < -0.3 is 9.64 Å². The number of rotatable bonds is 2. The Bertz CT molecular complexity index is 252. The van der Waals surface area contributed by atoms with Crippen molar-refractivity contribution in [3.8, 4) is 0 Å². The van der Waals surface area contributed by atoms with E-state index >= 15 is 0 Å². The molecule has 0 amide bonds. The molecule has 102 valence electrons. The number of piperidine rings is 1. The van der Waals surface area contributed by atoms with Gasteiger partial charge in [0.25, 0.3) is 0 Å². The Morgan fingerprint density at radius 2 is 1.82 bits per heavy atom. The Morgan fingerprint density at radius 1 is 1.24 bits per heavy atom. The van der Waals surface area contributed by atoms with Gasteiger partial charge in [-0.2, -0.15) is 0 Å². The summed E-state index contributed by atoms with van der Waals surface area (Å²) in [6, 6.07) is 0. The summed E-state index contributed by atoms with van der Waals surface area (Å²) >= 11 is 0. The molecule has 2 aliphatic heterocycles. The first-order valence-corrected chi connectivity index (χ1v) is 6.50. The lowest BCUT2D eigenvalue weighted by Gasteiger charge is -2.35. The van der Waals surface area contributed by atoms with E-state index < -0.39 is 0 Å². The van der Waals surface area contributed by atoms with Crippen molar-refractivity contribution in [2.24, 2.45) is 5.92 Å². The molecule has 0 radical (unpaired) electrons. The molecular formula is C13H27ClN2O. The molecular weight excluding hydrogens is 236 g/mol. The van der Waals surface area contributed by atoms with Gasteiger partial charge in [-0.05, 0) is 66.1 Å². The summed E-state index contributed by atoms with van der Waals surface area (Å²) in [6.07, 6.45) is 3.79. The first-order valence-electron chi connectivity index (χ1n) is 6.50. The van der Waals surface area contributed by atoms with Gasteiger partial charge in [0.15, 0.2) is 0 Å². The van der Waals surface area contributed by atoms with Gasteiger partial charge in [-0.15, -0.1) is 12.4 Å². The van der Waals surface area contributed by atoms with Crippen molar-refractivity contribution in [3.63, 3.8) is 0 Å². The molecule has 1 unspecified atom stereocenters. The zero-order chi connectivity index (χ0) is 11.8. The number of nitrogens with zero attached hydrogens (tertiary/aromatic N) is 1. The highest BCUT2D eigenvalue weighted by molar-refractivity contribution is 5.85. The minimum atomic E-state index is -0.0932. The minimum absolute atomic E-state index is 0. The summed E-state index contributed by atoms with van der Waals surface area (Å²) in [5.41, 5.74) is 0.0459. The Morgan fingerprint density at radius 3 is 2.29 bits per heavy atom. The molecule has 1 N–H and O–H groups in total. The molecule has 2 rings (SSSR count). The van der Waals surface area contributed by atoms with Crippen LogP contribution in [0.25, 0.3) is 0 Å². The molecule has 3 nitrogen and oxygen atoms in total. The van der Waals surface area contributed by atoms with Crippen molar-refractivity contribution in [1.29, 1.82) is 0 Å². The Kier molecular flexibility index (Phi) is 4.87. The van der Waals surface area contributed by atoms with Gasteiger partial charge in [0, 0.05) is 5.54 Å². The second-order valence-corrected chi connectivity index (χ2v) is 6.48. The smallest absolute Gasteiger partial charge is 0.117 e. The molecule has 2 fully saturated rings. The van der Waals surface area contributed by atoms with Gasteiger partial charge in [-0.25, -0.2) is 0 Å². The SMILES string of the molecule is CN1CCC(CC2(C)NC(C)(C)CO2)CC1.Cl. The van der Waals surface area contributed by atoms with Gasteiger partial charge >= 0.3 is 0 Å². The van der Waals surface area contributed by atoms with E-state index in [1.54, 1.807) is 0 Å². The maximum atomic E-state index is 5.96. The summed E-state index contributed by atoms with van der Waals surface area (Å²) in [6.45, 7) is 9.95. The van der Waals surface area contributed by atoms with Crippen LogP contribution in [0.1, 0.15) is 40.0 Å². The van der Waals surface area contributed by atoms with Crippen molar-refractivity contribution >= 4 is 12.4 Å². The Hall–Kier alpha value is 0.170. The molecule has 0 saturated carbocycles. The average molecular weight is 263 g/mol. The van der Waals surface area contributed by atoms with Gasteiger partial charge in [0.1, 0.15) is 5.72 Å². The zero-order valence-corrected chi connectivity index (χ0v) is 12.4. The van der Waals surface area contributed by atoms with E-state index in [4.69, 9.17) is 4.74 Å². The number of ether oxygens (including phenoxy) is 1. The first-order chi connectivity index (χ1) is 7.39. The molecule has 0 bridgehead atoms. The predicted octanol–water partition coefficient (Wildman–Crippen LogP) is 2.25. The number of nitrogens with one attached hydrogen (secondary N) is 1. The summed E-state index contributed by atoms with van der Waals surface area (Å²) in [5, 5.41) is 3.63. The van der Waals surface area contributed by atoms with Crippen LogP contribution in [0.2, 0.25) is 0 Å². The summed E-state index contributed by atoms with van der Waals surface area (Å²) in [4.78, 5) is 2.42. The lowest BCUT2D eigenvalue weighted by atomic mass is 9.89. The Balaban J connectivity index is 0.00000144. The summed E-state index contributed by atoms with van der Waals surface area (Å²) < 4.78 is 5.96.